The van der Waals surface area contributed by atoms with E-state index in [0.717, 1.165) is 18.4 Å². The molecule has 19 heavy (non-hydrogen) atoms. The SMILES string of the molecule is CNC(CCc1ccncc1)Cc1ccccc1F. The summed E-state index contributed by atoms with van der Waals surface area (Å²) < 4.78 is 13.6. The first-order valence-corrected chi connectivity index (χ1v) is 6.59. The lowest BCUT2D eigenvalue weighted by Gasteiger charge is -2.16. The number of nitrogens with one attached hydrogen (secondary N) is 1. The van der Waals surface area contributed by atoms with Gasteiger partial charge in [-0.05, 0) is 55.6 Å². The second-order valence-electron chi connectivity index (χ2n) is 4.68. The van der Waals surface area contributed by atoms with Crippen molar-refractivity contribution in [3.05, 3.63) is 65.7 Å². The number of aromatic nitrogens is 1. The fourth-order valence-corrected chi connectivity index (χ4v) is 2.17. The number of nitrogens with zero attached hydrogens (tertiary/aromatic N) is 1. The number of halogens is 1. The maximum absolute atomic E-state index is 13.6. The fraction of sp³-hybridized carbons (Fsp3) is 0.312. The molecular formula is C16H19FN2. The largest absolute Gasteiger partial charge is 0.317 e. The monoisotopic (exact) mass is 258 g/mol. The zero-order valence-corrected chi connectivity index (χ0v) is 11.1. The van der Waals surface area contributed by atoms with Gasteiger partial charge in [-0.15, -0.1) is 0 Å². The van der Waals surface area contributed by atoms with Gasteiger partial charge in [0, 0.05) is 18.4 Å². The van der Waals surface area contributed by atoms with Crippen LogP contribution in [0, 0.1) is 5.82 Å². The summed E-state index contributed by atoms with van der Waals surface area (Å²) in [5.41, 5.74) is 2.04. The van der Waals surface area contributed by atoms with Crippen molar-refractivity contribution in [3.8, 4) is 0 Å². The third-order valence-corrected chi connectivity index (χ3v) is 3.36. The quantitative estimate of drug-likeness (QED) is 0.861. The lowest BCUT2D eigenvalue weighted by atomic mass is 9.99. The predicted octanol–water partition coefficient (Wildman–Crippen LogP) is 2.98. The van der Waals surface area contributed by atoms with Crippen LogP contribution in [0.4, 0.5) is 4.39 Å². The summed E-state index contributed by atoms with van der Waals surface area (Å²) in [4.78, 5) is 4.01. The normalized spacial score (nSPS) is 12.3. The molecule has 0 aliphatic rings. The van der Waals surface area contributed by atoms with Gasteiger partial charge < -0.3 is 5.32 Å². The number of benzene rings is 1. The molecule has 1 N–H and O–H groups in total. The Kier molecular flexibility index (Phi) is 5.04. The Morgan fingerprint density at radius 2 is 1.89 bits per heavy atom. The Bertz CT molecular complexity index is 499. The van der Waals surface area contributed by atoms with Crippen molar-refractivity contribution in [1.29, 1.82) is 0 Å². The van der Waals surface area contributed by atoms with Gasteiger partial charge in [0.2, 0.25) is 0 Å². The van der Waals surface area contributed by atoms with Crippen molar-refractivity contribution in [1.82, 2.24) is 10.3 Å². The molecule has 3 heteroatoms. The summed E-state index contributed by atoms with van der Waals surface area (Å²) in [5, 5.41) is 3.27. The molecule has 0 radical (unpaired) electrons. The zero-order chi connectivity index (χ0) is 13.5. The minimum absolute atomic E-state index is 0.119. The van der Waals surface area contributed by atoms with Crippen LogP contribution in [0.5, 0.6) is 0 Å². The number of likely N-dealkylation sites (N-methyl/N-ethyl adjacent to an activating group) is 1. The number of pyridine rings is 1. The van der Waals surface area contributed by atoms with E-state index in [4.69, 9.17) is 0 Å². The van der Waals surface area contributed by atoms with Gasteiger partial charge in [-0.2, -0.15) is 0 Å². The van der Waals surface area contributed by atoms with E-state index in [0.29, 0.717) is 6.42 Å². The molecule has 1 heterocycles. The van der Waals surface area contributed by atoms with Crippen LogP contribution < -0.4 is 5.32 Å². The molecule has 0 fully saturated rings. The van der Waals surface area contributed by atoms with Crippen LogP contribution in [0.15, 0.2) is 48.8 Å². The maximum atomic E-state index is 13.6. The van der Waals surface area contributed by atoms with Gasteiger partial charge in [0.05, 0.1) is 0 Å². The first-order chi connectivity index (χ1) is 9.29. The van der Waals surface area contributed by atoms with Crippen LogP contribution >= 0.6 is 0 Å². The molecule has 0 spiro atoms. The molecular weight excluding hydrogens is 239 g/mol. The smallest absolute Gasteiger partial charge is 0.126 e. The van der Waals surface area contributed by atoms with Gasteiger partial charge in [-0.3, -0.25) is 4.98 Å². The van der Waals surface area contributed by atoms with Gasteiger partial charge in [-0.25, -0.2) is 4.39 Å². The molecule has 0 saturated heterocycles. The summed E-state index contributed by atoms with van der Waals surface area (Å²) >= 11 is 0. The number of hydrogen-bond donors (Lipinski definition) is 1. The summed E-state index contributed by atoms with van der Waals surface area (Å²) in [5.74, 6) is -0.119. The highest BCUT2D eigenvalue weighted by Gasteiger charge is 2.10. The first-order valence-electron chi connectivity index (χ1n) is 6.59. The van der Waals surface area contributed by atoms with Crippen molar-refractivity contribution in [2.24, 2.45) is 0 Å². The highest BCUT2D eigenvalue weighted by Crippen LogP contribution is 2.12. The van der Waals surface area contributed by atoms with E-state index in [9.17, 15) is 4.39 Å². The fourth-order valence-electron chi connectivity index (χ4n) is 2.17. The van der Waals surface area contributed by atoms with Crippen LogP contribution in [0.3, 0.4) is 0 Å². The second-order valence-corrected chi connectivity index (χ2v) is 4.68. The highest BCUT2D eigenvalue weighted by atomic mass is 19.1. The average Bonchev–Trinajstić information content (AvgIpc) is 2.46. The van der Waals surface area contributed by atoms with Crippen molar-refractivity contribution in [2.75, 3.05) is 7.05 Å². The summed E-state index contributed by atoms with van der Waals surface area (Å²) in [6.07, 6.45) is 6.28. The Morgan fingerprint density at radius 3 is 2.58 bits per heavy atom. The molecule has 0 amide bonds. The number of hydrogen-bond acceptors (Lipinski definition) is 2. The molecule has 1 aromatic carbocycles. The number of aryl methyl sites for hydroxylation is 1. The molecule has 0 saturated carbocycles. The topological polar surface area (TPSA) is 24.9 Å². The van der Waals surface area contributed by atoms with E-state index >= 15 is 0 Å². The molecule has 0 aliphatic heterocycles. The average molecular weight is 258 g/mol. The van der Waals surface area contributed by atoms with Crippen LogP contribution in [0.1, 0.15) is 17.5 Å². The minimum atomic E-state index is -0.119. The summed E-state index contributed by atoms with van der Waals surface area (Å²) in [6.45, 7) is 0. The van der Waals surface area contributed by atoms with Crippen molar-refractivity contribution in [3.63, 3.8) is 0 Å². The third kappa shape index (κ3) is 4.14. The van der Waals surface area contributed by atoms with E-state index in [2.05, 4.69) is 10.3 Å². The molecule has 0 aliphatic carbocycles. The van der Waals surface area contributed by atoms with Gasteiger partial charge in [-0.1, -0.05) is 18.2 Å². The van der Waals surface area contributed by atoms with E-state index in [-0.39, 0.29) is 11.9 Å². The molecule has 1 aromatic heterocycles. The standard InChI is InChI=1S/C16H19FN2/c1-18-15(7-6-13-8-10-19-11-9-13)12-14-4-2-3-5-16(14)17/h2-5,8-11,15,18H,6-7,12H2,1H3. The lowest BCUT2D eigenvalue weighted by molar-refractivity contribution is 0.504. The lowest BCUT2D eigenvalue weighted by Crippen LogP contribution is -2.28. The van der Waals surface area contributed by atoms with E-state index < -0.39 is 0 Å². The van der Waals surface area contributed by atoms with Gasteiger partial charge >= 0.3 is 0 Å². The Labute approximate surface area is 113 Å². The molecule has 1 unspecified atom stereocenters. The molecule has 0 bridgehead atoms. The van der Waals surface area contributed by atoms with E-state index in [1.165, 1.54) is 11.6 Å². The third-order valence-electron chi connectivity index (χ3n) is 3.36. The first kappa shape index (κ1) is 13.7. The Hall–Kier alpha value is -1.74. The summed E-state index contributed by atoms with van der Waals surface area (Å²) in [6, 6.07) is 11.3. The molecule has 2 aromatic rings. The molecule has 2 rings (SSSR count). The predicted molar refractivity (Wildman–Crippen MR) is 75.5 cm³/mol. The van der Waals surface area contributed by atoms with Crippen molar-refractivity contribution < 1.29 is 4.39 Å². The summed E-state index contributed by atoms with van der Waals surface area (Å²) in [7, 11) is 1.93. The van der Waals surface area contributed by atoms with Crippen molar-refractivity contribution in [2.45, 2.75) is 25.3 Å². The van der Waals surface area contributed by atoms with Crippen LogP contribution in [-0.2, 0) is 12.8 Å². The van der Waals surface area contributed by atoms with Crippen LogP contribution in [0.2, 0.25) is 0 Å². The molecule has 2 nitrogen and oxygen atoms in total. The zero-order valence-electron chi connectivity index (χ0n) is 11.1. The van der Waals surface area contributed by atoms with E-state index in [1.807, 2.05) is 31.3 Å². The van der Waals surface area contributed by atoms with Gasteiger partial charge in [0.15, 0.2) is 0 Å². The Morgan fingerprint density at radius 1 is 1.16 bits per heavy atom. The van der Waals surface area contributed by atoms with Crippen LogP contribution in [-0.4, -0.2) is 18.1 Å². The highest BCUT2D eigenvalue weighted by molar-refractivity contribution is 5.18. The minimum Gasteiger partial charge on any atom is -0.317 e. The number of rotatable bonds is 6. The second kappa shape index (κ2) is 7.00. The molecule has 100 valence electrons. The molecule has 1 atom stereocenters. The van der Waals surface area contributed by atoms with E-state index in [1.54, 1.807) is 18.5 Å². The maximum Gasteiger partial charge on any atom is 0.126 e. The van der Waals surface area contributed by atoms with Gasteiger partial charge in [0.1, 0.15) is 5.82 Å². The Balaban J connectivity index is 1.92. The van der Waals surface area contributed by atoms with Crippen LogP contribution in [0.25, 0.3) is 0 Å². The van der Waals surface area contributed by atoms with Crippen molar-refractivity contribution >= 4 is 0 Å². The van der Waals surface area contributed by atoms with Gasteiger partial charge in [0.25, 0.3) is 0 Å².